The Morgan fingerprint density at radius 3 is 2.35 bits per heavy atom. The van der Waals surface area contributed by atoms with Crippen molar-refractivity contribution in [2.24, 2.45) is 0 Å². The smallest absolute Gasteiger partial charge is 0.293 e. The van der Waals surface area contributed by atoms with E-state index in [4.69, 9.17) is 10.1 Å². The van der Waals surface area contributed by atoms with Gasteiger partial charge >= 0.3 is 0 Å². The van der Waals surface area contributed by atoms with Crippen molar-refractivity contribution in [3.8, 4) is 17.1 Å². The summed E-state index contributed by atoms with van der Waals surface area (Å²) in [5, 5.41) is 4.76. The van der Waals surface area contributed by atoms with E-state index in [1.54, 1.807) is 0 Å². The molecule has 2 fully saturated rings. The van der Waals surface area contributed by atoms with E-state index in [9.17, 15) is 4.79 Å². The summed E-state index contributed by atoms with van der Waals surface area (Å²) >= 11 is 0. The fourth-order valence-electron chi connectivity index (χ4n) is 5.43. The maximum atomic E-state index is 13.4. The first-order valence-electron chi connectivity index (χ1n) is 13.2. The van der Waals surface area contributed by atoms with Crippen LogP contribution in [0.1, 0.15) is 35.9 Å². The zero-order valence-electron chi connectivity index (χ0n) is 22.2. The molecule has 1 aliphatic carbocycles. The number of hydrogen-bond donors (Lipinski definition) is 0. The Balaban J connectivity index is 1.45. The highest BCUT2D eigenvalue weighted by atomic mass is 16.2. The van der Waals surface area contributed by atoms with Gasteiger partial charge in [0.25, 0.3) is 5.91 Å². The van der Waals surface area contributed by atoms with Gasteiger partial charge in [-0.1, -0.05) is 24.3 Å². The van der Waals surface area contributed by atoms with Crippen LogP contribution in [0.15, 0.2) is 54.7 Å². The predicted molar refractivity (Wildman–Crippen MR) is 147 cm³/mol. The highest BCUT2D eigenvalue weighted by Gasteiger charge is 2.39. The molecule has 2 aliphatic heterocycles. The van der Waals surface area contributed by atoms with Crippen LogP contribution in [0.3, 0.4) is 0 Å². The summed E-state index contributed by atoms with van der Waals surface area (Å²) in [6, 6.07) is 15.4. The normalized spacial score (nSPS) is 20.4. The summed E-state index contributed by atoms with van der Waals surface area (Å²) in [4.78, 5) is 27.1. The molecule has 1 amide bonds. The van der Waals surface area contributed by atoms with E-state index in [-0.39, 0.29) is 17.8 Å². The van der Waals surface area contributed by atoms with Gasteiger partial charge in [-0.3, -0.25) is 4.79 Å². The van der Waals surface area contributed by atoms with Crippen LogP contribution in [-0.4, -0.2) is 82.8 Å². The molecule has 37 heavy (non-hydrogen) atoms. The van der Waals surface area contributed by atoms with Crippen molar-refractivity contribution in [3.63, 3.8) is 0 Å². The first kappa shape index (κ1) is 23.7. The van der Waals surface area contributed by atoms with Crippen molar-refractivity contribution in [1.29, 1.82) is 0 Å². The van der Waals surface area contributed by atoms with Crippen LogP contribution in [0.2, 0.25) is 0 Å². The van der Waals surface area contributed by atoms with Crippen LogP contribution >= 0.6 is 0 Å². The minimum absolute atomic E-state index is 0.109. The lowest BCUT2D eigenvalue weighted by atomic mass is 10.0. The Kier molecular flexibility index (Phi) is 5.79. The molecule has 1 atom stereocenters. The molecule has 0 spiro atoms. The van der Waals surface area contributed by atoms with Crippen LogP contribution in [0.4, 0.5) is 11.4 Å². The standard InChI is InChI=1S/C29H35N7O/c1-19-6-9-24(10-7-19)36-28(30-27(31-36)29(37)34-16-14-32(4)15-17-34)22-8-13-25-26(18-22)35(23-11-12-23)21(3)20(2)33(25)5/h6-10,13,18,21,23H,2,11-12,14-17H2,1,3-5H3. The minimum atomic E-state index is -0.109. The van der Waals surface area contributed by atoms with Crippen molar-refractivity contribution < 1.29 is 4.79 Å². The molecular weight excluding hydrogens is 462 g/mol. The summed E-state index contributed by atoms with van der Waals surface area (Å²) in [6.45, 7) is 11.7. The first-order valence-corrected chi connectivity index (χ1v) is 13.2. The van der Waals surface area contributed by atoms with Crippen LogP contribution in [0.25, 0.3) is 17.1 Å². The second-order valence-corrected chi connectivity index (χ2v) is 10.7. The Morgan fingerprint density at radius 2 is 1.68 bits per heavy atom. The van der Waals surface area contributed by atoms with E-state index in [0.29, 0.717) is 25.0 Å². The van der Waals surface area contributed by atoms with E-state index in [1.807, 2.05) is 21.7 Å². The molecule has 6 rings (SSSR count). The summed E-state index contributed by atoms with van der Waals surface area (Å²) in [5.74, 6) is 0.817. The molecule has 0 radical (unpaired) electrons. The van der Waals surface area contributed by atoms with Gasteiger partial charge in [-0.15, -0.1) is 5.10 Å². The van der Waals surface area contributed by atoms with Crippen molar-refractivity contribution >= 4 is 17.3 Å². The number of piperazine rings is 1. The molecule has 1 saturated heterocycles. The Bertz CT molecular complexity index is 1350. The molecule has 192 valence electrons. The molecule has 8 nitrogen and oxygen atoms in total. The molecule has 3 aliphatic rings. The lowest BCUT2D eigenvalue weighted by Gasteiger charge is -2.44. The number of anilines is 2. The molecule has 2 aromatic carbocycles. The quantitative estimate of drug-likeness (QED) is 0.544. The molecule has 3 heterocycles. The van der Waals surface area contributed by atoms with Crippen molar-refractivity contribution in [2.45, 2.75) is 38.8 Å². The maximum Gasteiger partial charge on any atom is 0.293 e. The van der Waals surface area contributed by atoms with Crippen molar-refractivity contribution in [1.82, 2.24) is 24.6 Å². The van der Waals surface area contributed by atoms with Gasteiger partial charge in [0.2, 0.25) is 5.82 Å². The third-order valence-electron chi connectivity index (χ3n) is 8.01. The van der Waals surface area contributed by atoms with Gasteiger partial charge in [0.1, 0.15) is 0 Å². The van der Waals surface area contributed by atoms with Crippen molar-refractivity contribution in [3.05, 3.63) is 66.1 Å². The van der Waals surface area contributed by atoms with Gasteiger partial charge in [0.15, 0.2) is 5.82 Å². The molecule has 0 bridgehead atoms. The Morgan fingerprint density at radius 1 is 0.973 bits per heavy atom. The fourth-order valence-corrected chi connectivity index (χ4v) is 5.43. The third-order valence-corrected chi connectivity index (χ3v) is 8.01. The number of likely N-dealkylation sites (N-methyl/N-ethyl adjacent to an activating group) is 2. The van der Waals surface area contributed by atoms with Gasteiger partial charge in [-0.2, -0.15) is 0 Å². The fraction of sp³-hybridized carbons (Fsp3) is 0.414. The molecule has 0 N–H and O–H groups in total. The lowest BCUT2D eigenvalue weighted by Crippen LogP contribution is -2.47. The number of hydrogen-bond acceptors (Lipinski definition) is 6. The topological polar surface area (TPSA) is 60.7 Å². The summed E-state index contributed by atoms with van der Waals surface area (Å²) in [6.07, 6.45) is 2.41. The predicted octanol–water partition coefficient (Wildman–Crippen LogP) is 3.95. The number of aromatic nitrogens is 3. The van der Waals surface area contributed by atoms with Crippen LogP contribution < -0.4 is 9.80 Å². The van der Waals surface area contributed by atoms with Crippen LogP contribution in [-0.2, 0) is 0 Å². The highest BCUT2D eigenvalue weighted by molar-refractivity contribution is 5.91. The zero-order chi connectivity index (χ0) is 25.8. The van der Waals surface area contributed by atoms with Gasteiger partial charge in [0, 0.05) is 50.5 Å². The van der Waals surface area contributed by atoms with Crippen LogP contribution in [0.5, 0.6) is 0 Å². The van der Waals surface area contributed by atoms with E-state index in [2.05, 4.69) is 79.6 Å². The van der Waals surface area contributed by atoms with E-state index in [0.717, 1.165) is 35.7 Å². The number of nitrogens with zero attached hydrogens (tertiary/aromatic N) is 7. The number of amides is 1. The molecule has 1 aromatic heterocycles. The minimum Gasteiger partial charge on any atom is -0.359 e. The Labute approximate surface area is 218 Å². The Hall–Kier alpha value is -3.65. The maximum absolute atomic E-state index is 13.4. The number of aryl methyl sites for hydroxylation is 1. The number of carbonyl (C=O) groups is 1. The van der Waals surface area contributed by atoms with Gasteiger partial charge in [0.05, 0.1) is 23.1 Å². The van der Waals surface area contributed by atoms with Crippen LogP contribution in [0, 0.1) is 6.92 Å². The summed E-state index contributed by atoms with van der Waals surface area (Å²) in [5.41, 5.74) is 6.45. The molecule has 3 aromatic rings. The molecular formula is C29H35N7O. The second-order valence-electron chi connectivity index (χ2n) is 10.7. The largest absolute Gasteiger partial charge is 0.359 e. The summed E-state index contributed by atoms with van der Waals surface area (Å²) in [7, 11) is 4.17. The van der Waals surface area contributed by atoms with E-state index in [1.165, 1.54) is 24.1 Å². The number of fused-ring (bicyclic) bond motifs is 1. The number of carbonyl (C=O) groups excluding carboxylic acids is 1. The zero-order valence-corrected chi connectivity index (χ0v) is 22.2. The number of benzene rings is 2. The monoisotopic (exact) mass is 497 g/mol. The first-order chi connectivity index (χ1) is 17.8. The molecule has 8 heteroatoms. The van der Waals surface area contributed by atoms with Gasteiger partial charge in [-0.25, -0.2) is 9.67 Å². The molecule has 1 unspecified atom stereocenters. The van der Waals surface area contributed by atoms with E-state index < -0.39 is 0 Å². The lowest BCUT2D eigenvalue weighted by molar-refractivity contribution is 0.0652. The average Bonchev–Trinajstić information content (AvgIpc) is 3.64. The SMILES string of the molecule is C=C1C(C)N(C2CC2)c2cc(-c3nc(C(=O)N4CCN(C)CC4)nn3-c3ccc(C)cc3)ccc2N1C. The molecule has 1 saturated carbocycles. The average molecular weight is 498 g/mol. The third kappa shape index (κ3) is 4.19. The van der Waals surface area contributed by atoms with E-state index >= 15 is 0 Å². The highest BCUT2D eigenvalue weighted by Crippen LogP contribution is 2.46. The van der Waals surface area contributed by atoms with Crippen molar-refractivity contribution in [2.75, 3.05) is 50.1 Å². The van der Waals surface area contributed by atoms with Gasteiger partial charge < -0.3 is 19.6 Å². The van der Waals surface area contributed by atoms with Gasteiger partial charge in [-0.05, 0) is 64.1 Å². The second kappa shape index (κ2) is 9.03. The number of rotatable bonds is 4. The summed E-state index contributed by atoms with van der Waals surface area (Å²) < 4.78 is 1.82.